The molecular weight excluding hydrogens is 393 g/mol. The molecule has 4 rings (SSSR count). The number of hydrogen-bond acceptors (Lipinski definition) is 1. The highest BCUT2D eigenvalue weighted by molar-refractivity contribution is 7.98. The molecule has 0 unspecified atom stereocenters. The summed E-state index contributed by atoms with van der Waals surface area (Å²) in [6, 6.07) is 23.1. The number of nitrogens with zero attached hydrogens (tertiary/aromatic N) is 1. The lowest BCUT2D eigenvalue weighted by Gasteiger charge is -2.06. The van der Waals surface area contributed by atoms with Crippen LogP contribution in [0.25, 0.3) is 10.9 Å². The topological polar surface area (TPSA) is 4.93 Å². The Morgan fingerprint density at radius 1 is 0.852 bits per heavy atom. The minimum absolute atomic E-state index is 0.597. The van der Waals surface area contributed by atoms with Gasteiger partial charge < -0.3 is 4.57 Å². The van der Waals surface area contributed by atoms with E-state index in [1.807, 2.05) is 30.0 Å². The summed E-state index contributed by atoms with van der Waals surface area (Å²) >= 11 is 14.0. The quantitative estimate of drug-likeness (QED) is 0.306. The highest BCUT2D eigenvalue weighted by Gasteiger charge is 2.10. The first kappa shape index (κ1) is 18.5. The Labute approximate surface area is 173 Å². The Hall–Kier alpha value is -1.87. The van der Waals surface area contributed by atoms with Crippen molar-refractivity contribution in [2.45, 2.75) is 24.1 Å². The monoisotopic (exact) mass is 411 g/mol. The summed E-state index contributed by atoms with van der Waals surface area (Å²) in [4.78, 5) is 1.28. The number of rotatable bonds is 5. The minimum Gasteiger partial charge on any atom is -0.342 e. The van der Waals surface area contributed by atoms with Crippen LogP contribution >= 0.6 is 35.0 Å². The molecule has 0 spiro atoms. The third kappa shape index (κ3) is 4.19. The number of benzene rings is 3. The average Bonchev–Trinajstić information content (AvgIpc) is 3.01. The number of aryl methyl sites for hydroxylation is 1. The predicted octanol–water partition coefficient (Wildman–Crippen LogP) is 7.60. The molecule has 1 nitrogen and oxygen atoms in total. The molecule has 0 aliphatic heterocycles. The maximum absolute atomic E-state index is 6.15. The van der Waals surface area contributed by atoms with Crippen LogP contribution in [0, 0.1) is 6.92 Å². The van der Waals surface area contributed by atoms with Crippen LogP contribution in [0.3, 0.4) is 0 Å². The first-order valence-corrected chi connectivity index (χ1v) is 10.5. The van der Waals surface area contributed by atoms with Crippen molar-refractivity contribution in [2.75, 3.05) is 0 Å². The second-order valence-corrected chi connectivity index (χ2v) is 8.50. The van der Waals surface area contributed by atoms with E-state index in [9.17, 15) is 0 Å². The van der Waals surface area contributed by atoms with Crippen molar-refractivity contribution in [1.82, 2.24) is 4.57 Å². The van der Waals surface area contributed by atoms with Gasteiger partial charge in [-0.15, -0.1) is 11.8 Å². The summed E-state index contributed by atoms with van der Waals surface area (Å²) in [6.07, 6.45) is 2.26. The molecular formula is C23H19Cl2NS. The third-order valence-corrected chi connectivity index (χ3v) is 6.42. The Balaban J connectivity index is 1.62. The van der Waals surface area contributed by atoms with Gasteiger partial charge in [-0.1, -0.05) is 77.3 Å². The van der Waals surface area contributed by atoms with Crippen molar-refractivity contribution in [3.63, 3.8) is 0 Å². The van der Waals surface area contributed by atoms with E-state index in [4.69, 9.17) is 23.2 Å². The van der Waals surface area contributed by atoms with Crippen LogP contribution in [0.15, 0.2) is 77.8 Å². The van der Waals surface area contributed by atoms with Crippen LogP contribution < -0.4 is 0 Å². The predicted molar refractivity (Wildman–Crippen MR) is 118 cm³/mol. The van der Waals surface area contributed by atoms with Crippen molar-refractivity contribution in [2.24, 2.45) is 0 Å². The second kappa shape index (κ2) is 8.02. The van der Waals surface area contributed by atoms with Crippen LogP contribution in [-0.2, 0) is 12.3 Å². The molecule has 0 bridgehead atoms. The molecule has 0 fully saturated rings. The molecule has 1 heterocycles. The molecule has 136 valence electrons. The van der Waals surface area contributed by atoms with Gasteiger partial charge in [0.05, 0.1) is 10.0 Å². The summed E-state index contributed by atoms with van der Waals surface area (Å²) in [6.45, 7) is 3.01. The Bertz CT molecular complexity index is 1100. The highest BCUT2D eigenvalue weighted by atomic mass is 35.5. The van der Waals surface area contributed by atoms with Gasteiger partial charge in [-0.05, 0) is 36.2 Å². The summed E-state index contributed by atoms with van der Waals surface area (Å²) in [7, 11) is 0. The first-order chi connectivity index (χ1) is 13.1. The third-order valence-electron chi connectivity index (χ3n) is 4.57. The van der Waals surface area contributed by atoms with Gasteiger partial charge in [0.15, 0.2) is 0 Å². The molecule has 1 aromatic heterocycles. The standard InChI is InChI=1S/C23H19Cl2NS/c1-16-5-4-6-17(11-16)13-26-14-23(19-7-2-3-8-22(19)26)27-15-18-9-10-20(24)21(25)12-18/h2-12,14H,13,15H2,1H3. The zero-order valence-electron chi connectivity index (χ0n) is 15.0. The Kier molecular flexibility index (Phi) is 5.49. The van der Waals surface area contributed by atoms with Gasteiger partial charge in [-0.25, -0.2) is 0 Å². The van der Waals surface area contributed by atoms with E-state index >= 15 is 0 Å². The van der Waals surface area contributed by atoms with Gasteiger partial charge in [0.25, 0.3) is 0 Å². The lowest BCUT2D eigenvalue weighted by atomic mass is 10.1. The van der Waals surface area contributed by atoms with Crippen LogP contribution in [-0.4, -0.2) is 4.57 Å². The van der Waals surface area contributed by atoms with Crippen molar-refractivity contribution in [3.8, 4) is 0 Å². The van der Waals surface area contributed by atoms with Gasteiger partial charge in [0.2, 0.25) is 0 Å². The van der Waals surface area contributed by atoms with E-state index < -0.39 is 0 Å². The van der Waals surface area contributed by atoms with Crippen LogP contribution in [0.5, 0.6) is 0 Å². The van der Waals surface area contributed by atoms with E-state index in [1.54, 1.807) is 0 Å². The van der Waals surface area contributed by atoms with Crippen LogP contribution in [0.4, 0.5) is 0 Å². The minimum atomic E-state index is 0.597. The molecule has 0 saturated heterocycles. The number of para-hydroxylation sites is 1. The van der Waals surface area contributed by atoms with Gasteiger partial charge in [-0.3, -0.25) is 0 Å². The van der Waals surface area contributed by atoms with E-state index in [-0.39, 0.29) is 0 Å². The van der Waals surface area contributed by atoms with Gasteiger partial charge >= 0.3 is 0 Å². The molecule has 0 radical (unpaired) electrons. The van der Waals surface area contributed by atoms with Gasteiger partial charge in [0.1, 0.15) is 0 Å². The molecule has 0 saturated carbocycles. The van der Waals surface area contributed by atoms with Gasteiger partial charge in [-0.2, -0.15) is 0 Å². The number of hydrogen-bond donors (Lipinski definition) is 0. The summed E-state index contributed by atoms with van der Waals surface area (Å²) in [5.41, 5.74) is 5.04. The second-order valence-electron chi connectivity index (χ2n) is 6.66. The van der Waals surface area contributed by atoms with E-state index in [0.717, 1.165) is 12.3 Å². The number of aromatic nitrogens is 1. The van der Waals surface area contributed by atoms with E-state index in [2.05, 4.69) is 66.2 Å². The summed E-state index contributed by atoms with van der Waals surface area (Å²) in [5.74, 6) is 0.856. The fourth-order valence-electron chi connectivity index (χ4n) is 3.26. The van der Waals surface area contributed by atoms with Gasteiger partial charge in [0, 0.05) is 34.3 Å². The number of thioether (sulfide) groups is 1. The zero-order valence-corrected chi connectivity index (χ0v) is 17.3. The SMILES string of the molecule is Cc1cccc(Cn2cc(SCc3ccc(Cl)c(Cl)c3)c3ccccc32)c1. The molecule has 4 heteroatoms. The molecule has 0 N–H and O–H groups in total. The fourth-order valence-corrected chi connectivity index (χ4v) is 4.61. The summed E-state index contributed by atoms with van der Waals surface area (Å²) < 4.78 is 2.33. The van der Waals surface area contributed by atoms with Crippen molar-refractivity contribution in [1.29, 1.82) is 0 Å². The zero-order chi connectivity index (χ0) is 18.8. The van der Waals surface area contributed by atoms with E-state index in [1.165, 1.54) is 32.5 Å². The van der Waals surface area contributed by atoms with Crippen molar-refractivity contribution >= 4 is 45.9 Å². The maximum atomic E-state index is 6.15. The fraction of sp³-hybridized carbons (Fsp3) is 0.130. The smallest absolute Gasteiger partial charge is 0.0595 e. The Morgan fingerprint density at radius 3 is 2.52 bits per heavy atom. The normalized spacial score (nSPS) is 11.2. The Morgan fingerprint density at radius 2 is 1.70 bits per heavy atom. The van der Waals surface area contributed by atoms with Crippen molar-refractivity contribution in [3.05, 3.63) is 99.7 Å². The lowest BCUT2D eigenvalue weighted by Crippen LogP contribution is -1.97. The first-order valence-electron chi connectivity index (χ1n) is 8.80. The molecule has 0 amide bonds. The summed E-state index contributed by atoms with van der Waals surface area (Å²) in [5, 5.41) is 2.49. The van der Waals surface area contributed by atoms with Crippen LogP contribution in [0.2, 0.25) is 10.0 Å². The largest absolute Gasteiger partial charge is 0.342 e. The molecule has 0 atom stereocenters. The number of halogens is 2. The molecule has 27 heavy (non-hydrogen) atoms. The highest BCUT2D eigenvalue weighted by Crippen LogP contribution is 2.33. The lowest BCUT2D eigenvalue weighted by molar-refractivity contribution is 0.829. The molecule has 0 aliphatic carbocycles. The molecule has 3 aromatic carbocycles. The van der Waals surface area contributed by atoms with Crippen molar-refractivity contribution < 1.29 is 0 Å². The average molecular weight is 412 g/mol. The maximum Gasteiger partial charge on any atom is 0.0595 e. The van der Waals surface area contributed by atoms with E-state index in [0.29, 0.717) is 10.0 Å². The van der Waals surface area contributed by atoms with Crippen LogP contribution in [0.1, 0.15) is 16.7 Å². The molecule has 4 aromatic rings. The molecule has 0 aliphatic rings. The number of fused-ring (bicyclic) bond motifs is 1.